The van der Waals surface area contributed by atoms with Crippen LogP contribution in [0.5, 0.6) is 11.5 Å². The van der Waals surface area contributed by atoms with Gasteiger partial charge < -0.3 is 10.2 Å². The normalized spacial score (nSPS) is 16.9. The van der Waals surface area contributed by atoms with Crippen molar-refractivity contribution in [1.82, 2.24) is 0 Å². The summed E-state index contributed by atoms with van der Waals surface area (Å²) in [6.45, 7) is 8.17. The molecule has 0 amide bonds. The molecule has 1 aliphatic carbocycles. The van der Waals surface area contributed by atoms with E-state index in [4.69, 9.17) is 0 Å². The van der Waals surface area contributed by atoms with Crippen LogP contribution >= 0.6 is 0 Å². The van der Waals surface area contributed by atoms with E-state index in [-0.39, 0.29) is 5.92 Å². The molecule has 2 N–H and O–H groups in total. The van der Waals surface area contributed by atoms with Gasteiger partial charge in [-0.2, -0.15) is 0 Å². The number of aromatic hydroxyl groups is 2. The Morgan fingerprint density at radius 3 is 1.41 bits per heavy atom. The molecule has 2 nitrogen and oxygen atoms in total. The highest BCUT2D eigenvalue weighted by molar-refractivity contribution is 5.53. The topological polar surface area (TPSA) is 40.5 Å². The van der Waals surface area contributed by atoms with Crippen molar-refractivity contribution in [2.75, 3.05) is 0 Å². The van der Waals surface area contributed by atoms with Gasteiger partial charge in [0.1, 0.15) is 11.5 Å². The molecule has 0 unspecified atom stereocenters. The minimum absolute atomic E-state index is 0.0339. The molecule has 2 heteroatoms. The number of hydrogen-bond acceptors (Lipinski definition) is 2. The van der Waals surface area contributed by atoms with Crippen molar-refractivity contribution in [2.45, 2.75) is 91.4 Å². The predicted molar refractivity (Wildman–Crippen MR) is 122 cm³/mol. The lowest BCUT2D eigenvalue weighted by Crippen LogP contribution is -2.17. The first kappa shape index (κ1) is 21.7. The summed E-state index contributed by atoms with van der Waals surface area (Å²) in [7, 11) is 0. The molecule has 0 aliphatic heterocycles. The molecule has 1 aliphatic rings. The van der Waals surface area contributed by atoms with Gasteiger partial charge in [0.2, 0.25) is 0 Å². The molecule has 29 heavy (non-hydrogen) atoms. The monoisotopic (exact) mass is 394 g/mol. The summed E-state index contributed by atoms with van der Waals surface area (Å²) >= 11 is 0. The van der Waals surface area contributed by atoms with E-state index in [0.29, 0.717) is 17.4 Å². The van der Waals surface area contributed by atoms with Crippen LogP contribution < -0.4 is 0 Å². The van der Waals surface area contributed by atoms with Crippen molar-refractivity contribution in [3.63, 3.8) is 0 Å². The van der Waals surface area contributed by atoms with Gasteiger partial charge in [-0.05, 0) is 57.6 Å². The fourth-order valence-corrected chi connectivity index (χ4v) is 5.31. The molecule has 0 atom stereocenters. The van der Waals surface area contributed by atoms with E-state index in [1.807, 2.05) is 26.0 Å². The van der Waals surface area contributed by atoms with Crippen LogP contribution in [0.1, 0.15) is 97.1 Å². The van der Waals surface area contributed by atoms with Crippen LogP contribution in [0.3, 0.4) is 0 Å². The van der Waals surface area contributed by atoms with E-state index in [1.165, 1.54) is 56.1 Å². The van der Waals surface area contributed by atoms with Gasteiger partial charge in [-0.15, -0.1) is 0 Å². The fourth-order valence-electron chi connectivity index (χ4n) is 5.31. The van der Waals surface area contributed by atoms with Crippen LogP contribution in [0.2, 0.25) is 0 Å². The molecule has 1 saturated carbocycles. The van der Waals surface area contributed by atoms with Gasteiger partial charge in [-0.1, -0.05) is 80.3 Å². The van der Waals surface area contributed by atoms with Crippen molar-refractivity contribution in [1.29, 1.82) is 0 Å². The number of benzene rings is 2. The van der Waals surface area contributed by atoms with E-state index in [1.54, 1.807) is 0 Å². The highest BCUT2D eigenvalue weighted by Crippen LogP contribution is 2.46. The predicted octanol–water partition coefficient (Wildman–Crippen LogP) is 7.60. The van der Waals surface area contributed by atoms with Crippen LogP contribution in [0.4, 0.5) is 0 Å². The summed E-state index contributed by atoms with van der Waals surface area (Å²) in [4.78, 5) is 0. The first-order valence-electron chi connectivity index (χ1n) is 11.5. The molecule has 0 saturated heterocycles. The third-order valence-electron chi connectivity index (χ3n) is 6.74. The summed E-state index contributed by atoms with van der Waals surface area (Å²) in [6.07, 6.45) is 11.4. The van der Waals surface area contributed by atoms with Crippen molar-refractivity contribution >= 4 is 0 Å². The minimum Gasteiger partial charge on any atom is -0.507 e. The quantitative estimate of drug-likeness (QED) is 0.562. The minimum atomic E-state index is 0.0339. The maximum absolute atomic E-state index is 11.1. The largest absolute Gasteiger partial charge is 0.507 e. The molecule has 2 aromatic carbocycles. The molecule has 1 fully saturated rings. The molecule has 2 aromatic rings. The first-order chi connectivity index (χ1) is 13.9. The smallest absolute Gasteiger partial charge is 0.122 e. The highest BCUT2D eigenvalue weighted by atomic mass is 16.3. The van der Waals surface area contributed by atoms with Gasteiger partial charge in [0.05, 0.1) is 0 Å². The van der Waals surface area contributed by atoms with Crippen molar-refractivity contribution < 1.29 is 10.2 Å². The standard InChI is InChI=1S/C27H38O2/c1-18-14-20(3)26(28)23(16-18)25(24-17-19(2)15-21(4)27(24)29)22-12-10-8-6-5-7-9-11-13-22/h14-17,22,25,28-29H,5-13H2,1-4H3. The SMILES string of the molecule is Cc1cc(C)c(O)c(C(c2cc(C)cc(C)c2O)C2CCCCCCCCC2)c1. The Morgan fingerprint density at radius 1 is 0.621 bits per heavy atom. The summed E-state index contributed by atoms with van der Waals surface area (Å²) in [6, 6.07) is 8.38. The third-order valence-corrected chi connectivity index (χ3v) is 6.74. The Morgan fingerprint density at radius 2 is 1.00 bits per heavy atom. The Hall–Kier alpha value is -1.96. The van der Waals surface area contributed by atoms with Crippen molar-refractivity contribution in [3.05, 3.63) is 57.6 Å². The maximum atomic E-state index is 11.1. The van der Waals surface area contributed by atoms with Gasteiger partial charge in [-0.3, -0.25) is 0 Å². The van der Waals surface area contributed by atoms with Crippen LogP contribution in [0, 0.1) is 33.6 Å². The zero-order valence-corrected chi connectivity index (χ0v) is 18.7. The van der Waals surface area contributed by atoms with Gasteiger partial charge in [0.25, 0.3) is 0 Å². The second-order valence-electron chi connectivity index (χ2n) is 9.33. The zero-order chi connectivity index (χ0) is 21.0. The molecule has 3 rings (SSSR count). The van der Waals surface area contributed by atoms with E-state index in [9.17, 15) is 10.2 Å². The van der Waals surface area contributed by atoms with Crippen LogP contribution in [-0.2, 0) is 0 Å². The van der Waals surface area contributed by atoms with E-state index in [0.717, 1.165) is 35.1 Å². The highest BCUT2D eigenvalue weighted by Gasteiger charge is 2.30. The van der Waals surface area contributed by atoms with Crippen molar-refractivity contribution in [3.8, 4) is 11.5 Å². The molecule has 158 valence electrons. The molecule has 0 spiro atoms. The van der Waals surface area contributed by atoms with Crippen molar-refractivity contribution in [2.24, 2.45) is 5.92 Å². The second kappa shape index (κ2) is 9.69. The van der Waals surface area contributed by atoms with Crippen LogP contribution in [0.15, 0.2) is 24.3 Å². The Labute approximate surface area is 177 Å². The lowest BCUT2D eigenvalue weighted by Gasteiger charge is -2.31. The lowest BCUT2D eigenvalue weighted by atomic mass is 9.73. The van der Waals surface area contributed by atoms with Gasteiger partial charge in [0, 0.05) is 17.0 Å². The molecule has 0 bridgehead atoms. The Balaban J connectivity index is 2.13. The average Bonchev–Trinajstić information content (AvgIpc) is 2.68. The lowest BCUT2D eigenvalue weighted by molar-refractivity contribution is 0.342. The van der Waals surface area contributed by atoms with E-state index >= 15 is 0 Å². The van der Waals surface area contributed by atoms with Gasteiger partial charge >= 0.3 is 0 Å². The fraction of sp³-hybridized carbons (Fsp3) is 0.556. The molecule has 0 heterocycles. The maximum Gasteiger partial charge on any atom is 0.122 e. The number of phenols is 2. The second-order valence-corrected chi connectivity index (χ2v) is 9.33. The van der Waals surface area contributed by atoms with Crippen LogP contribution in [0.25, 0.3) is 0 Å². The average molecular weight is 395 g/mol. The van der Waals surface area contributed by atoms with Gasteiger partial charge in [-0.25, -0.2) is 0 Å². The molecular weight excluding hydrogens is 356 g/mol. The van der Waals surface area contributed by atoms with E-state index in [2.05, 4.69) is 26.0 Å². The number of phenolic OH excluding ortho intramolecular Hbond substituents is 2. The molecule has 0 aromatic heterocycles. The van der Waals surface area contributed by atoms with Gasteiger partial charge in [0.15, 0.2) is 0 Å². The molecule has 0 radical (unpaired) electrons. The van der Waals surface area contributed by atoms with Crippen LogP contribution in [-0.4, -0.2) is 10.2 Å². The third kappa shape index (κ3) is 5.15. The first-order valence-corrected chi connectivity index (χ1v) is 11.5. The Bertz CT molecular complexity index is 769. The summed E-state index contributed by atoms with van der Waals surface area (Å²) in [5, 5.41) is 22.1. The zero-order valence-electron chi connectivity index (χ0n) is 18.7. The number of hydrogen-bond donors (Lipinski definition) is 2. The summed E-state index contributed by atoms with van der Waals surface area (Å²) in [5.74, 6) is 1.27. The molecular formula is C27H38O2. The number of rotatable bonds is 3. The summed E-state index contributed by atoms with van der Waals surface area (Å²) in [5.41, 5.74) is 6.17. The summed E-state index contributed by atoms with van der Waals surface area (Å²) < 4.78 is 0. The van der Waals surface area contributed by atoms with E-state index < -0.39 is 0 Å². The number of aryl methyl sites for hydroxylation is 4. The Kier molecular flexibility index (Phi) is 7.27.